The van der Waals surface area contributed by atoms with Crippen LogP contribution in [0.15, 0.2) is 18.2 Å². The van der Waals surface area contributed by atoms with Gasteiger partial charge in [-0.25, -0.2) is 0 Å². The molecule has 1 aromatic carbocycles. The maximum Gasteiger partial charge on any atom is 0.320 e. The molecule has 0 unspecified atom stereocenters. The molecule has 3 heteroatoms. The van der Waals surface area contributed by atoms with Crippen LogP contribution < -0.4 is 0 Å². The standard InChI is InChI=1S/C16H21NO2/c18-16(19)15-6-3-9-17(15)11-12-7-8-13-4-1-2-5-14(13)10-12/h7-8,10,15H,1-6,9,11H2,(H,18,19)/t15-/m0/s1. The van der Waals surface area contributed by atoms with Crippen molar-refractivity contribution in [2.75, 3.05) is 6.54 Å². The van der Waals surface area contributed by atoms with Crippen LogP contribution in [-0.2, 0) is 24.2 Å². The minimum atomic E-state index is -0.671. The maximum atomic E-state index is 11.2. The van der Waals surface area contributed by atoms with Crippen LogP contribution in [-0.4, -0.2) is 28.6 Å². The van der Waals surface area contributed by atoms with Crippen LogP contribution in [0.2, 0.25) is 0 Å². The van der Waals surface area contributed by atoms with Gasteiger partial charge in [0.05, 0.1) is 0 Å². The summed E-state index contributed by atoms with van der Waals surface area (Å²) in [5.74, 6) is -0.671. The molecule has 0 spiro atoms. The molecule has 2 aliphatic rings. The van der Waals surface area contributed by atoms with Gasteiger partial charge in [-0.05, 0) is 61.8 Å². The third-order valence-corrected chi connectivity index (χ3v) is 4.45. The van der Waals surface area contributed by atoms with Crippen LogP contribution in [0.1, 0.15) is 42.4 Å². The van der Waals surface area contributed by atoms with E-state index >= 15 is 0 Å². The molecule has 0 amide bonds. The van der Waals surface area contributed by atoms with E-state index in [-0.39, 0.29) is 6.04 Å². The molecule has 3 rings (SSSR count). The second-order valence-electron chi connectivity index (χ2n) is 5.78. The number of carboxylic acid groups (broad SMARTS) is 1. The van der Waals surface area contributed by atoms with E-state index in [2.05, 4.69) is 23.1 Å². The Labute approximate surface area is 114 Å². The fourth-order valence-corrected chi connectivity index (χ4v) is 3.41. The van der Waals surface area contributed by atoms with Crippen molar-refractivity contribution in [1.29, 1.82) is 0 Å². The number of benzene rings is 1. The summed E-state index contributed by atoms with van der Waals surface area (Å²) in [6, 6.07) is 6.44. The smallest absolute Gasteiger partial charge is 0.320 e. The number of carboxylic acids is 1. The molecule has 0 aromatic heterocycles. The topological polar surface area (TPSA) is 40.5 Å². The van der Waals surface area contributed by atoms with Crippen LogP contribution in [0, 0.1) is 0 Å². The van der Waals surface area contributed by atoms with E-state index in [9.17, 15) is 9.90 Å². The third-order valence-electron chi connectivity index (χ3n) is 4.45. The van der Waals surface area contributed by atoms with Crippen LogP contribution in [0.3, 0.4) is 0 Å². The fourth-order valence-electron chi connectivity index (χ4n) is 3.41. The average Bonchev–Trinajstić information content (AvgIpc) is 2.87. The molecule has 0 bridgehead atoms. The minimum Gasteiger partial charge on any atom is -0.480 e. The van der Waals surface area contributed by atoms with Crippen molar-refractivity contribution >= 4 is 5.97 Å². The molecule has 1 saturated heterocycles. The summed E-state index contributed by atoms with van der Waals surface area (Å²) >= 11 is 0. The SMILES string of the molecule is O=C(O)[C@@H]1CCCN1Cc1ccc2c(c1)CCCC2. The molecule has 3 nitrogen and oxygen atoms in total. The molecular formula is C16H21NO2. The quantitative estimate of drug-likeness (QED) is 0.907. The first kappa shape index (κ1) is 12.7. The van der Waals surface area contributed by atoms with Crippen molar-refractivity contribution in [3.63, 3.8) is 0 Å². The number of hydrogen-bond acceptors (Lipinski definition) is 2. The van der Waals surface area contributed by atoms with Gasteiger partial charge in [0.1, 0.15) is 6.04 Å². The van der Waals surface area contributed by atoms with E-state index in [0.717, 1.165) is 25.9 Å². The molecule has 0 saturated carbocycles. The van der Waals surface area contributed by atoms with Gasteiger partial charge in [0.25, 0.3) is 0 Å². The Morgan fingerprint density at radius 2 is 2.00 bits per heavy atom. The summed E-state index contributed by atoms with van der Waals surface area (Å²) in [5.41, 5.74) is 4.25. The normalized spacial score (nSPS) is 23.3. The Bertz CT molecular complexity index is 484. The van der Waals surface area contributed by atoms with E-state index in [1.165, 1.54) is 42.4 Å². The number of rotatable bonds is 3. The van der Waals surface area contributed by atoms with Crippen LogP contribution >= 0.6 is 0 Å². The molecule has 102 valence electrons. The maximum absolute atomic E-state index is 11.2. The largest absolute Gasteiger partial charge is 0.480 e. The van der Waals surface area contributed by atoms with Crippen molar-refractivity contribution in [1.82, 2.24) is 4.90 Å². The molecular weight excluding hydrogens is 238 g/mol. The Balaban J connectivity index is 1.74. The van der Waals surface area contributed by atoms with Gasteiger partial charge in [-0.3, -0.25) is 9.69 Å². The predicted molar refractivity (Wildman–Crippen MR) is 74.2 cm³/mol. The first-order valence-corrected chi connectivity index (χ1v) is 7.31. The average molecular weight is 259 g/mol. The highest BCUT2D eigenvalue weighted by Gasteiger charge is 2.30. The van der Waals surface area contributed by atoms with E-state index in [1.54, 1.807) is 0 Å². The lowest BCUT2D eigenvalue weighted by Crippen LogP contribution is -2.35. The summed E-state index contributed by atoms with van der Waals surface area (Å²) in [7, 11) is 0. The van der Waals surface area contributed by atoms with Crippen molar-refractivity contribution in [3.8, 4) is 0 Å². The molecule has 19 heavy (non-hydrogen) atoms. The monoisotopic (exact) mass is 259 g/mol. The van der Waals surface area contributed by atoms with E-state index in [4.69, 9.17) is 0 Å². The molecule has 1 atom stereocenters. The van der Waals surface area contributed by atoms with Gasteiger partial charge in [0, 0.05) is 6.54 Å². The Morgan fingerprint density at radius 3 is 2.79 bits per heavy atom. The van der Waals surface area contributed by atoms with Crippen molar-refractivity contribution in [2.45, 2.75) is 51.1 Å². The molecule has 1 heterocycles. The van der Waals surface area contributed by atoms with E-state index in [0.29, 0.717) is 0 Å². The first-order valence-electron chi connectivity index (χ1n) is 7.31. The lowest BCUT2D eigenvalue weighted by molar-refractivity contribution is -0.142. The Morgan fingerprint density at radius 1 is 1.21 bits per heavy atom. The second kappa shape index (κ2) is 5.33. The highest BCUT2D eigenvalue weighted by atomic mass is 16.4. The minimum absolute atomic E-state index is 0.281. The lowest BCUT2D eigenvalue weighted by atomic mass is 9.90. The molecule has 1 aliphatic carbocycles. The van der Waals surface area contributed by atoms with Gasteiger partial charge in [-0.2, -0.15) is 0 Å². The summed E-state index contributed by atoms with van der Waals surface area (Å²) in [6.45, 7) is 1.69. The zero-order valence-corrected chi connectivity index (χ0v) is 11.3. The van der Waals surface area contributed by atoms with Gasteiger partial charge in [-0.1, -0.05) is 18.2 Å². The number of aryl methyl sites for hydroxylation is 2. The van der Waals surface area contributed by atoms with Gasteiger partial charge >= 0.3 is 5.97 Å². The van der Waals surface area contributed by atoms with Crippen LogP contribution in [0.5, 0.6) is 0 Å². The lowest BCUT2D eigenvalue weighted by Gasteiger charge is -2.22. The Kier molecular flexibility index (Phi) is 3.56. The number of fused-ring (bicyclic) bond motifs is 1. The number of aliphatic carboxylic acids is 1. The molecule has 1 aliphatic heterocycles. The van der Waals surface area contributed by atoms with Crippen LogP contribution in [0.4, 0.5) is 0 Å². The molecule has 1 fully saturated rings. The van der Waals surface area contributed by atoms with Gasteiger partial charge < -0.3 is 5.11 Å². The summed E-state index contributed by atoms with van der Waals surface area (Å²) < 4.78 is 0. The predicted octanol–water partition coefficient (Wildman–Crippen LogP) is 2.61. The van der Waals surface area contributed by atoms with Crippen molar-refractivity contribution in [3.05, 3.63) is 34.9 Å². The first-order chi connectivity index (χ1) is 9.24. The van der Waals surface area contributed by atoms with Crippen LogP contribution in [0.25, 0.3) is 0 Å². The van der Waals surface area contributed by atoms with Crippen molar-refractivity contribution < 1.29 is 9.90 Å². The van der Waals surface area contributed by atoms with Gasteiger partial charge in [0.2, 0.25) is 0 Å². The molecule has 1 N–H and O–H groups in total. The Hall–Kier alpha value is -1.35. The van der Waals surface area contributed by atoms with Gasteiger partial charge in [-0.15, -0.1) is 0 Å². The van der Waals surface area contributed by atoms with Crippen molar-refractivity contribution in [2.24, 2.45) is 0 Å². The summed E-state index contributed by atoms with van der Waals surface area (Å²) in [5, 5.41) is 9.21. The summed E-state index contributed by atoms with van der Waals surface area (Å²) in [6.07, 6.45) is 6.78. The number of nitrogens with zero attached hydrogens (tertiary/aromatic N) is 1. The number of likely N-dealkylation sites (tertiary alicyclic amines) is 1. The van der Waals surface area contributed by atoms with E-state index < -0.39 is 5.97 Å². The highest BCUT2D eigenvalue weighted by molar-refractivity contribution is 5.73. The van der Waals surface area contributed by atoms with Gasteiger partial charge in [0.15, 0.2) is 0 Å². The van der Waals surface area contributed by atoms with E-state index in [1.807, 2.05) is 0 Å². The molecule has 1 aromatic rings. The summed E-state index contributed by atoms with van der Waals surface area (Å²) in [4.78, 5) is 13.3. The fraction of sp³-hybridized carbons (Fsp3) is 0.562. The zero-order chi connectivity index (χ0) is 13.2. The molecule has 0 radical (unpaired) electrons. The third kappa shape index (κ3) is 2.66. The zero-order valence-electron chi connectivity index (χ0n) is 11.3. The highest BCUT2D eigenvalue weighted by Crippen LogP contribution is 2.25. The number of hydrogen-bond donors (Lipinski definition) is 1. The number of carbonyl (C=O) groups is 1. The second-order valence-corrected chi connectivity index (χ2v) is 5.78.